The van der Waals surface area contributed by atoms with Crippen molar-refractivity contribution in [1.29, 1.82) is 0 Å². The summed E-state index contributed by atoms with van der Waals surface area (Å²) in [7, 11) is 0. The van der Waals surface area contributed by atoms with Gasteiger partial charge in [0.1, 0.15) is 0 Å². The summed E-state index contributed by atoms with van der Waals surface area (Å²) in [5, 5.41) is 16.4. The van der Waals surface area contributed by atoms with E-state index >= 15 is 0 Å². The zero-order valence-corrected chi connectivity index (χ0v) is 9.34. The first kappa shape index (κ1) is 11.1. The van der Waals surface area contributed by atoms with Crippen molar-refractivity contribution in [2.75, 3.05) is 6.54 Å². The van der Waals surface area contributed by atoms with Crippen molar-refractivity contribution in [2.45, 2.75) is 19.0 Å². The molecule has 1 aliphatic heterocycles. The smallest absolute Gasteiger partial charge is 0.336 e. The van der Waals surface area contributed by atoms with Crippen molar-refractivity contribution in [2.24, 2.45) is 0 Å². The predicted octanol–water partition coefficient (Wildman–Crippen LogP) is 0.424. The Morgan fingerprint density at radius 3 is 3.12 bits per heavy atom. The Balaban J connectivity index is 1.96. The van der Waals surface area contributed by atoms with E-state index in [9.17, 15) is 9.59 Å². The number of carbonyl (C=O) groups is 2. The SMILES string of the molecule is O=C(O)c1ccsc1CNC1CCNC1=O. The number of nitrogens with one attached hydrogen (secondary N) is 2. The van der Waals surface area contributed by atoms with Crippen LogP contribution in [0.4, 0.5) is 0 Å². The number of carboxylic acid groups (broad SMARTS) is 1. The lowest BCUT2D eigenvalue weighted by Crippen LogP contribution is -2.35. The fourth-order valence-corrected chi connectivity index (χ4v) is 2.49. The van der Waals surface area contributed by atoms with Crippen LogP contribution in [0.25, 0.3) is 0 Å². The topological polar surface area (TPSA) is 78.4 Å². The Morgan fingerprint density at radius 1 is 1.69 bits per heavy atom. The molecule has 1 unspecified atom stereocenters. The van der Waals surface area contributed by atoms with Gasteiger partial charge in [-0.1, -0.05) is 0 Å². The second-order valence-corrected chi connectivity index (χ2v) is 4.58. The summed E-state index contributed by atoms with van der Waals surface area (Å²) in [5.74, 6) is -0.928. The molecule has 1 atom stereocenters. The van der Waals surface area contributed by atoms with Crippen molar-refractivity contribution in [3.05, 3.63) is 21.9 Å². The van der Waals surface area contributed by atoms with Gasteiger partial charge in [0.25, 0.3) is 0 Å². The summed E-state index contributed by atoms with van der Waals surface area (Å²) >= 11 is 1.39. The van der Waals surface area contributed by atoms with Crippen LogP contribution in [0.1, 0.15) is 21.7 Å². The van der Waals surface area contributed by atoms with Crippen LogP contribution in [0.5, 0.6) is 0 Å². The minimum Gasteiger partial charge on any atom is -0.478 e. The molecule has 0 aromatic carbocycles. The number of rotatable bonds is 4. The normalized spacial score (nSPS) is 19.8. The Kier molecular flexibility index (Phi) is 3.21. The first-order valence-electron chi connectivity index (χ1n) is 4.99. The van der Waals surface area contributed by atoms with Crippen molar-refractivity contribution >= 4 is 23.2 Å². The average molecular weight is 240 g/mol. The zero-order chi connectivity index (χ0) is 11.5. The third-order valence-corrected chi connectivity index (χ3v) is 3.45. The highest BCUT2D eigenvalue weighted by atomic mass is 32.1. The minimum atomic E-state index is -0.922. The maximum absolute atomic E-state index is 11.3. The molecule has 0 spiro atoms. The van der Waals surface area contributed by atoms with E-state index in [0.717, 1.165) is 11.3 Å². The van der Waals surface area contributed by atoms with Gasteiger partial charge in [0.2, 0.25) is 5.91 Å². The molecule has 86 valence electrons. The molecule has 1 aromatic rings. The third kappa shape index (κ3) is 2.23. The highest BCUT2D eigenvalue weighted by Crippen LogP contribution is 2.17. The molecule has 3 N–H and O–H groups in total. The molecular formula is C10H12N2O3S. The molecule has 2 heterocycles. The Bertz CT molecular complexity index is 416. The van der Waals surface area contributed by atoms with Gasteiger partial charge in [0.15, 0.2) is 0 Å². The van der Waals surface area contributed by atoms with Gasteiger partial charge < -0.3 is 15.7 Å². The second-order valence-electron chi connectivity index (χ2n) is 3.58. The fraction of sp³-hybridized carbons (Fsp3) is 0.400. The third-order valence-electron chi connectivity index (χ3n) is 2.53. The van der Waals surface area contributed by atoms with Gasteiger partial charge in [0, 0.05) is 18.0 Å². The van der Waals surface area contributed by atoms with Crippen LogP contribution in [0.15, 0.2) is 11.4 Å². The molecule has 1 amide bonds. The average Bonchev–Trinajstić information content (AvgIpc) is 2.83. The van der Waals surface area contributed by atoms with E-state index in [0.29, 0.717) is 18.7 Å². The van der Waals surface area contributed by atoms with Crippen LogP contribution in [-0.4, -0.2) is 29.6 Å². The van der Waals surface area contributed by atoms with Crippen LogP contribution in [0.2, 0.25) is 0 Å². The molecule has 0 radical (unpaired) electrons. The van der Waals surface area contributed by atoms with Crippen LogP contribution in [0, 0.1) is 0 Å². The largest absolute Gasteiger partial charge is 0.478 e. The van der Waals surface area contributed by atoms with Crippen LogP contribution in [0.3, 0.4) is 0 Å². The van der Waals surface area contributed by atoms with E-state index in [-0.39, 0.29) is 11.9 Å². The van der Waals surface area contributed by atoms with Crippen LogP contribution >= 0.6 is 11.3 Å². The summed E-state index contributed by atoms with van der Waals surface area (Å²) < 4.78 is 0. The van der Waals surface area contributed by atoms with Gasteiger partial charge in [-0.15, -0.1) is 11.3 Å². The van der Waals surface area contributed by atoms with Crippen molar-refractivity contribution < 1.29 is 14.7 Å². The maximum atomic E-state index is 11.3. The summed E-state index contributed by atoms with van der Waals surface area (Å²) in [6, 6.07) is 1.39. The van der Waals surface area contributed by atoms with Crippen molar-refractivity contribution in [3.63, 3.8) is 0 Å². The molecule has 0 saturated carbocycles. The number of carboxylic acids is 1. The quantitative estimate of drug-likeness (QED) is 0.713. The van der Waals surface area contributed by atoms with E-state index in [2.05, 4.69) is 10.6 Å². The highest BCUT2D eigenvalue weighted by Gasteiger charge is 2.23. The van der Waals surface area contributed by atoms with E-state index in [1.54, 1.807) is 11.4 Å². The summed E-state index contributed by atoms with van der Waals surface area (Å²) in [6.45, 7) is 1.12. The molecular weight excluding hydrogens is 228 g/mol. The lowest BCUT2D eigenvalue weighted by molar-refractivity contribution is -0.120. The number of amides is 1. The zero-order valence-electron chi connectivity index (χ0n) is 8.53. The van der Waals surface area contributed by atoms with E-state index in [1.165, 1.54) is 11.3 Å². The Morgan fingerprint density at radius 2 is 2.50 bits per heavy atom. The van der Waals surface area contributed by atoms with E-state index in [4.69, 9.17) is 5.11 Å². The van der Waals surface area contributed by atoms with Crippen LogP contribution in [-0.2, 0) is 11.3 Å². The standard InChI is InChI=1S/C10H12N2O3S/c13-9-7(1-3-11-9)12-5-8-6(10(14)15)2-4-16-8/h2,4,7,12H,1,3,5H2,(H,11,13)(H,14,15). The first-order chi connectivity index (χ1) is 7.68. The summed E-state index contributed by atoms with van der Waals surface area (Å²) in [6.07, 6.45) is 0.757. The lowest BCUT2D eigenvalue weighted by atomic mass is 10.2. The first-order valence-corrected chi connectivity index (χ1v) is 5.87. The van der Waals surface area contributed by atoms with Gasteiger partial charge in [-0.05, 0) is 17.9 Å². The molecule has 2 rings (SSSR count). The van der Waals surface area contributed by atoms with Crippen molar-refractivity contribution in [3.8, 4) is 0 Å². The molecule has 1 fully saturated rings. The van der Waals surface area contributed by atoms with Gasteiger partial charge in [0.05, 0.1) is 11.6 Å². The fourth-order valence-electron chi connectivity index (χ4n) is 1.67. The van der Waals surface area contributed by atoms with Gasteiger partial charge in [-0.3, -0.25) is 4.79 Å². The molecule has 6 heteroatoms. The van der Waals surface area contributed by atoms with Gasteiger partial charge in [-0.25, -0.2) is 4.79 Å². The minimum absolute atomic E-state index is 0.00608. The van der Waals surface area contributed by atoms with Crippen LogP contribution < -0.4 is 10.6 Å². The summed E-state index contributed by atoms with van der Waals surface area (Å²) in [5.41, 5.74) is 0.316. The molecule has 16 heavy (non-hydrogen) atoms. The number of hydrogen-bond donors (Lipinski definition) is 3. The molecule has 1 saturated heterocycles. The van der Waals surface area contributed by atoms with Gasteiger partial charge >= 0.3 is 5.97 Å². The molecule has 5 nitrogen and oxygen atoms in total. The molecule has 0 bridgehead atoms. The second kappa shape index (κ2) is 4.63. The van der Waals surface area contributed by atoms with Gasteiger partial charge in [-0.2, -0.15) is 0 Å². The Labute approximate surface area is 96.5 Å². The predicted molar refractivity (Wildman–Crippen MR) is 59.5 cm³/mol. The van der Waals surface area contributed by atoms with E-state index in [1.807, 2.05) is 0 Å². The molecule has 0 aliphatic carbocycles. The number of thiophene rings is 1. The number of aromatic carboxylic acids is 1. The molecule has 1 aromatic heterocycles. The monoisotopic (exact) mass is 240 g/mol. The number of carbonyl (C=O) groups excluding carboxylic acids is 1. The van der Waals surface area contributed by atoms with Crippen molar-refractivity contribution in [1.82, 2.24) is 10.6 Å². The molecule has 1 aliphatic rings. The highest BCUT2D eigenvalue weighted by molar-refractivity contribution is 7.10. The maximum Gasteiger partial charge on any atom is 0.336 e. The summed E-state index contributed by atoms with van der Waals surface area (Å²) in [4.78, 5) is 22.9. The van der Waals surface area contributed by atoms with E-state index < -0.39 is 5.97 Å². The lowest BCUT2D eigenvalue weighted by Gasteiger charge is -2.08. The Hall–Kier alpha value is -1.40. The number of hydrogen-bond acceptors (Lipinski definition) is 4.